The maximum absolute atomic E-state index is 11.2. The molecule has 76 valence electrons. The quantitative estimate of drug-likeness (QED) is 0.709. The van der Waals surface area contributed by atoms with Crippen LogP contribution in [0.4, 0.5) is 0 Å². The largest absolute Gasteiger partial charge is 0.507 e. The van der Waals surface area contributed by atoms with Gasteiger partial charge in [0.1, 0.15) is 5.75 Å². The molecule has 2 aromatic rings. The Hall–Kier alpha value is -2.10. The van der Waals surface area contributed by atoms with Crippen LogP contribution in [0.25, 0.3) is 10.9 Å². The molecular weight excluding hydrogens is 194 g/mol. The maximum atomic E-state index is 11.2. The van der Waals surface area contributed by atoms with Gasteiger partial charge >= 0.3 is 5.97 Å². The Bertz CT molecular complexity index is 522. The van der Waals surface area contributed by atoms with Crippen molar-refractivity contribution >= 4 is 16.9 Å². The minimum atomic E-state index is -0.504. The molecule has 15 heavy (non-hydrogen) atoms. The molecule has 0 saturated heterocycles. The number of fused-ring (bicyclic) bond motifs is 1. The zero-order valence-electron chi connectivity index (χ0n) is 8.15. The molecule has 0 aliphatic rings. The first-order chi connectivity index (χ1) is 7.22. The van der Waals surface area contributed by atoms with Crippen LogP contribution in [0.3, 0.4) is 0 Å². The number of aromatic amines is 1. The van der Waals surface area contributed by atoms with Gasteiger partial charge in [0, 0.05) is 6.07 Å². The van der Waals surface area contributed by atoms with Gasteiger partial charge in [-0.3, -0.25) is 0 Å². The van der Waals surface area contributed by atoms with Gasteiger partial charge in [0.05, 0.1) is 18.6 Å². The van der Waals surface area contributed by atoms with Crippen LogP contribution in [0.5, 0.6) is 5.75 Å². The maximum Gasteiger partial charge on any atom is 0.403 e. The fraction of sp³-hybridized carbons (Fsp3) is 0.0909. The molecular formula is C11H10NO3+. The van der Waals surface area contributed by atoms with E-state index in [-0.39, 0.29) is 11.4 Å². The topological polar surface area (TPSA) is 60.7 Å². The summed E-state index contributed by atoms with van der Waals surface area (Å²) in [5, 5.41) is 10.3. The summed E-state index contributed by atoms with van der Waals surface area (Å²) in [5.41, 5.74) is 0.923. The normalized spacial score (nSPS) is 10.2. The summed E-state index contributed by atoms with van der Waals surface area (Å²) in [4.78, 5) is 14.1. The second-order valence-electron chi connectivity index (χ2n) is 3.11. The van der Waals surface area contributed by atoms with Crippen molar-refractivity contribution in [3.05, 3.63) is 36.0 Å². The first-order valence-electron chi connectivity index (χ1n) is 4.44. The molecule has 1 heterocycles. The molecule has 0 fully saturated rings. The predicted molar refractivity (Wildman–Crippen MR) is 53.5 cm³/mol. The molecule has 0 spiro atoms. The van der Waals surface area contributed by atoms with Crippen molar-refractivity contribution in [2.75, 3.05) is 7.11 Å². The van der Waals surface area contributed by atoms with Gasteiger partial charge in [0.2, 0.25) is 5.52 Å². The lowest BCUT2D eigenvalue weighted by molar-refractivity contribution is -0.350. The third-order valence-electron chi connectivity index (χ3n) is 2.16. The van der Waals surface area contributed by atoms with Crippen molar-refractivity contribution < 1.29 is 19.6 Å². The number of H-pyrrole nitrogens is 1. The van der Waals surface area contributed by atoms with E-state index in [0.717, 1.165) is 0 Å². The zero-order valence-corrected chi connectivity index (χ0v) is 8.15. The van der Waals surface area contributed by atoms with E-state index in [9.17, 15) is 9.90 Å². The minimum absolute atomic E-state index is 0.0600. The van der Waals surface area contributed by atoms with Gasteiger partial charge in [-0.2, -0.15) is 4.98 Å². The molecule has 1 aromatic carbocycles. The summed E-state index contributed by atoms with van der Waals surface area (Å²) < 4.78 is 4.56. The smallest absolute Gasteiger partial charge is 0.403 e. The fourth-order valence-corrected chi connectivity index (χ4v) is 1.43. The summed E-state index contributed by atoms with van der Waals surface area (Å²) in [7, 11) is 1.29. The zero-order chi connectivity index (χ0) is 10.8. The Morgan fingerprint density at radius 2 is 2.13 bits per heavy atom. The lowest BCUT2D eigenvalue weighted by atomic mass is 10.2. The number of carbonyl (C=O) groups excluding carboxylic acids is 1. The molecule has 0 unspecified atom stereocenters. The summed E-state index contributed by atoms with van der Waals surface area (Å²) in [6.07, 6.45) is 0. The number of benzene rings is 1. The number of aromatic nitrogens is 1. The highest BCUT2D eigenvalue weighted by molar-refractivity contribution is 5.90. The van der Waals surface area contributed by atoms with Crippen LogP contribution in [0.15, 0.2) is 30.3 Å². The van der Waals surface area contributed by atoms with E-state index in [1.165, 1.54) is 13.2 Å². The van der Waals surface area contributed by atoms with Crippen molar-refractivity contribution in [2.24, 2.45) is 0 Å². The van der Waals surface area contributed by atoms with Crippen molar-refractivity contribution in [3.63, 3.8) is 0 Å². The van der Waals surface area contributed by atoms with E-state index < -0.39 is 5.97 Å². The molecule has 1 aromatic heterocycles. The van der Waals surface area contributed by atoms with Gasteiger partial charge < -0.3 is 9.84 Å². The molecule has 4 nitrogen and oxygen atoms in total. The Labute approximate surface area is 86.1 Å². The summed E-state index contributed by atoms with van der Waals surface area (Å²) in [6.45, 7) is 0. The van der Waals surface area contributed by atoms with E-state index >= 15 is 0 Å². The number of para-hydroxylation sites is 1. The Morgan fingerprint density at radius 3 is 2.87 bits per heavy atom. The van der Waals surface area contributed by atoms with Gasteiger partial charge in [-0.05, 0) is 6.07 Å². The second kappa shape index (κ2) is 3.57. The van der Waals surface area contributed by atoms with E-state index in [4.69, 9.17) is 0 Å². The van der Waals surface area contributed by atoms with Crippen molar-refractivity contribution in [1.82, 2.24) is 0 Å². The number of rotatable bonds is 1. The number of aromatic hydroxyl groups is 1. The summed E-state index contributed by atoms with van der Waals surface area (Å²) in [6, 6.07) is 8.53. The molecule has 0 aliphatic heterocycles. The number of hydrogen-bond donors (Lipinski definition) is 1. The lowest BCUT2D eigenvalue weighted by Crippen LogP contribution is -2.18. The molecule has 4 heteroatoms. The first kappa shape index (κ1) is 9.45. The van der Waals surface area contributed by atoms with Crippen LogP contribution in [0.2, 0.25) is 0 Å². The third-order valence-corrected chi connectivity index (χ3v) is 2.16. The van der Waals surface area contributed by atoms with E-state index in [0.29, 0.717) is 10.9 Å². The monoisotopic (exact) mass is 204 g/mol. The number of ether oxygens (including phenoxy) is 1. The van der Waals surface area contributed by atoms with Crippen LogP contribution in [-0.4, -0.2) is 18.2 Å². The van der Waals surface area contributed by atoms with Gasteiger partial charge in [0.25, 0.3) is 5.69 Å². The highest BCUT2D eigenvalue weighted by Crippen LogP contribution is 2.21. The van der Waals surface area contributed by atoms with Crippen molar-refractivity contribution in [2.45, 2.75) is 0 Å². The summed E-state index contributed by atoms with van der Waals surface area (Å²) >= 11 is 0. The van der Waals surface area contributed by atoms with Gasteiger partial charge in [-0.25, -0.2) is 4.79 Å². The number of hydrogen-bond acceptors (Lipinski definition) is 3. The average Bonchev–Trinajstić information content (AvgIpc) is 2.28. The number of carbonyl (C=O) groups is 1. The number of methoxy groups -OCH3 is 1. The average molecular weight is 204 g/mol. The number of nitrogens with one attached hydrogen (secondary N) is 1. The Balaban J connectivity index is 2.67. The molecule has 2 N–H and O–H groups in total. The highest BCUT2D eigenvalue weighted by atomic mass is 16.5. The van der Waals surface area contributed by atoms with Crippen LogP contribution in [-0.2, 0) is 4.74 Å². The predicted octanol–water partition coefficient (Wildman–Crippen LogP) is 1.15. The Kier molecular flexibility index (Phi) is 2.25. The van der Waals surface area contributed by atoms with Crippen molar-refractivity contribution in [1.29, 1.82) is 0 Å². The van der Waals surface area contributed by atoms with Crippen LogP contribution >= 0.6 is 0 Å². The van der Waals surface area contributed by atoms with Crippen LogP contribution in [0, 0.1) is 0 Å². The third kappa shape index (κ3) is 1.61. The van der Waals surface area contributed by atoms with Crippen LogP contribution in [0.1, 0.15) is 10.5 Å². The fourth-order valence-electron chi connectivity index (χ4n) is 1.43. The van der Waals surface area contributed by atoms with Gasteiger partial charge in [-0.15, -0.1) is 0 Å². The summed E-state index contributed by atoms with van der Waals surface area (Å²) in [5.74, 6) is -0.444. The molecule has 0 radical (unpaired) electrons. The van der Waals surface area contributed by atoms with E-state index in [1.807, 2.05) is 12.1 Å². The molecule has 2 rings (SSSR count). The van der Waals surface area contributed by atoms with Gasteiger partial charge in [-0.1, -0.05) is 12.1 Å². The molecule has 0 amide bonds. The Morgan fingerprint density at radius 1 is 1.40 bits per heavy atom. The van der Waals surface area contributed by atoms with Crippen LogP contribution < -0.4 is 4.98 Å². The molecule has 0 atom stereocenters. The number of esters is 1. The molecule has 0 saturated carbocycles. The highest BCUT2D eigenvalue weighted by Gasteiger charge is 2.17. The van der Waals surface area contributed by atoms with E-state index in [1.54, 1.807) is 12.1 Å². The van der Waals surface area contributed by atoms with Gasteiger partial charge in [0.15, 0.2) is 0 Å². The minimum Gasteiger partial charge on any atom is -0.507 e. The first-order valence-corrected chi connectivity index (χ1v) is 4.44. The molecule has 0 bridgehead atoms. The number of pyridine rings is 1. The van der Waals surface area contributed by atoms with E-state index in [2.05, 4.69) is 9.72 Å². The lowest BCUT2D eigenvalue weighted by Gasteiger charge is -1.98. The molecule has 0 aliphatic carbocycles. The SMILES string of the molecule is COC(=O)c1cc(O)c2ccccc2[nH+]1. The standard InChI is InChI=1S/C11H9NO3/c1-15-11(14)9-6-10(13)7-4-2-3-5-8(7)12-9/h2-6H,1H3,(H,12,13)/p+1. The van der Waals surface area contributed by atoms with Crippen molar-refractivity contribution in [3.8, 4) is 5.75 Å². The second-order valence-corrected chi connectivity index (χ2v) is 3.11.